The van der Waals surface area contributed by atoms with Crippen LogP contribution in [0.25, 0.3) is 0 Å². The van der Waals surface area contributed by atoms with Gasteiger partial charge in [-0.3, -0.25) is 14.1 Å². The van der Waals surface area contributed by atoms with Gasteiger partial charge in [0.1, 0.15) is 6.61 Å². The SMILES string of the molecule is CCCCCCCCCCCCCCCCCCCCCCCCCCC(=O)OC(COC(=O)CCCCCCCCCCCCCCCC)COP(=O)(O)O. The molecular formula is C47H93O8P. The van der Waals surface area contributed by atoms with Crippen LogP contribution in [0.2, 0.25) is 0 Å². The van der Waals surface area contributed by atoms with Crippen LogP contribution in [-0.4, -0.2) is 41.0 Å². The van der Waals surface area contributed by atoms with Gasteiger partial charge in [-0.2, -0.15) is 0 Å². The van der Waals surface area contributed by atoms with Gasteiger partial charge in [0.15, 0.2) is 6.10 Å². The number of unbranched alkanes of at least 4 members (excludes halogenated alkanes) is 36. The summed E-state index contributed by atoms with van der Waals surface area (Å²) in [5.74, 6) is -0.864. The largest absolute Gasteiger partial charge is 0.469 e. The van der Waals surface area contributed by atoms with Crippen LogP contribution in [0.5, 0.6) is 0 Å². The third kappa shape index (κ3) is 45.7. The van der Waals surface area contributed by atoms with Crippen molar-refractivity contribution in [2.45, 2.75) is 277 Å². The van der Waals surface area contributed by atoms with E-state index in [-0.39, 0.29) is 19.4 Å². The van der Waals surface area contributed by atoms with E-state index < -0.39 is 32.5 Å². The molecule has 8 nitrogen and oxygen atoms in total. The molecule has 0 aliphatic carbocycles. The molecule has 1 atom stereocenters. The van der Waals surface area contributed by atoms with Gasteiger partial charge in [0, 0.05) is 12.8 Å². The number of phosphoric acid groups is 1. The highest BCUT2D eigenvalue weighted by atomic mass is 31.2. The average molecular weight is 817 g/mol. The van der Waals surface area contributed by atoms with E-state index in [1.54, 1.807) is 0 Å². The van der Waals surface area contributed by atoms with E-state index in [0.29, 0.717) is 6.42 Å². The molecule has 334 valence electrons. The molecule has 0 fully saturated rings. The molecule has 0 aromatic heterocycles. The lowest BCUT2D eigenvalue weighted by atomic mass is 10.0. The van der Waals surface area contributed by atoms with E-state index in [1.807, 2.05) is 0 Å². The predicted octanol–water partition coefficient (Wildman–Crippen LogP) is 15.2. The van der Waals surface area contributed by atoms with Gasteiger partial charge in [0.2, 0.25) is 0 Å². The Bertz CT molecular complexity index is 878. The average Bonchev–Trinajstić information content (AvgIpc) is 3.17. The van der Waals surface area contributed by atoms with E-state index >= 15 is 0 Å². The summed E-state index contributed by atoms with van der Waals surface area (Å²) in [5.41, 5.74) is 0. The molecule has 0 aromatic rings. The number of ether oxygens (including phenoxy) is 2. The number of hydrogen-bond donors (Lipinski definition) is 2. The molecule has 1 unspecified atom stereocenters. The maximum atomic E-state index is 12.5. The standard InChI is InChI=1S/C47H93O8P/c1-3-5-7-9-11-13-15-17-19-20-21-22-23-24-25-26-27-28-30-32-34-36-38-40-42-47(49)55-45(44-54-56(50,51)52)43-53-46(48)41-39-37-35-33-31-29-18-16-14-12-10-8-6-4-2/h45H,3-44H2,1-2H3,(H2,50,51,52). The first kappa shape index (κ1) is 55.0. The third-order valence-corrected chi connectivity index (χ3v) is 11.6. The predicted molar refractivity (Wildman–Crippen MR) is 235 cm³/mol. The lowest BCUT2D eigenvalue weighted by Crippen LogP contribution is -2.29. The maximum absolute atomic E-state index is 12.5. The van der Waals surface area contributed by atoms with E-state index in [0.717, 1.165) is 32.1 Å². The van der Waals surface area contributed by atoms with E-state index in [9.17, 15) is 14.2 Å². The Labute approximate surface area is 346 Å². The molecule has 0 saturated heterocycles. The monoisotopic (exact) mass is 817 g/mol. The molecule has 0 heterocycles. The number of phosphoric ester groups is 1. The van der Waals surface area contributed by atoms with Crippen molar-refractivity contribution in [2.24, 2.45) is 0 Å². The fourth-order valence-corrected chi connectivity index (χ4v) is 7.86. The molecule has 0 spiro atoms. The molecular weight excluding hydrogens is 723 g/mol. The van der Waals surface area contributed by atoms with E-state index in [1.165, 1.54) is 205 Å². The van der Waals surface area contributed by atoms with E-state index in [4.69, 9.17) is 19.3 Å². The second kappa shape index (κ2) is 43.6. The summed E-state index contributed by atoms with van der Waals surface area (Å²) in [7, 11) is -4.75. The minimum absolute atomic E-state index is 0.221. The quantitative estimate of drug-likeness (QED) is 0.0354. The van der Waals surface area contributed by atoms with Crippen LogP contribution in [0.15, 0.2) is 0 Å². The van der Waals surface area contributed by atoms with Crippen molar-refractivity contribution in [3.8, 4) is 0 Å². The smallest absolute Gasteiger partial charge is 0.462 e. The zero-order valence-electron chi connectivity index (χ0n) is 37.1. The Morgan fingerprint density at radius 1 is 0.393 bits per heavy atom. The number of carbonyl (C=O) groups is 2. The zero-order valence-corrected chi connectivity index (χ0v) is 38.0. The van der Waals surface area contributed by atoms with Crippen LogP contribution in [0.3, 0.4) is 0 Å². The fraction of sp³-hybridized carbons (Fsp3) is 0.957. The second-order valence-corrected chi connectivity index (χ2v) is 18.0. The maximum Gasteiger partial charge on any atom is 0.469 e. The van der Waals surface area contributed by atoms with Crippen LogP contribution in [0.4, 0.5) is 0 Å². The highest BCUT2D eigenvalue weighted by Gasteiger charge is 2.23. The van der Waals surface area contributed by atoms with Crippen molar-refractivity contribution in [1.29, 1.82) is 0 Å². The molecule has 0 radical (unpaired) electrons. The molecule has 0 bridgehead atoms. The highest BCUT2D eigenvalue weighted by Crippen LogP contribution is 2.36. The first-order chi connectivity index (χ1) is 27.3. The number of hydrogen-bond acceptors (Lipinski definition) is 6. The van der Waals surface area contributed by atoms with Crippen molar-refractivity contribution < 1.29 is 37.9 Å². The summed E-state index contributed by atoms with van der Waals surface area (Å²) in [6.07, 6.45) is 48.4. The van der Waals surface area contributed by atoms with Crippen LogP contribution in [0, 0.1) is 0 Å². The van der Waals surface area contributed by atoms with Crippen LogP contribution >= 0.6 is 7.82 Å². The molecule has 0 amide bonds. The highest BCUT2D eigenvalue weighted by molar-refractivity contribution is 7.46. The Morgan fingerprint density at radius 2 is 0.643 bits per heavy atom. The van der Waals surface area contributed by atoms with Gasteiger partial charge >= 0.3 is 19.8 Å². The van der Waals surface area contributed by atoms with Crippen molar-refractivity contribution in [3.63, 3.8) is 0 Å². The number of carbonyl (C=O) groups excluding carboxylic acids is 2. The minimum atomic E-state index is -4.75. The van der Waals surface area contributed by atoms with Gasteiger partial charge in [-0.05, 0) is 12.8 Å². The van der Waals surface area contributed by atoms with Gasteiger partial charge in [-0.25, -0.2) is 4.57 Å². The molecule has 2 N–H and O–H groups in total. The summed E-state index contributed by atoms with van der Waals surface area (Å²) in [4.78, 5) is 43.0. The van der Waals surface area contributed by atoms with Gasteiger partial charge in [-0.1, -0.05) is 245 Å². The normalized spacial score (nSPS) is 12.3. The molecule has 0 aliphatic rings. The number of rotatable bonds is 46. The van der Waals surface area contributed by atoms with Gasteiger partial charge in [-0.15, -0.1) is 0 Å². The van der Waals surface area contributed by atoms with Crippen LogP contribution < -0.4 is 0 Å². The first-order valence-corrected chi connectivity index (χ1v) is 25.9. The van der Waals surface area contributed by atoms with Crippen LogP contribution in [0.1, 0.15) is 271 Å². The summed E-state index contributed by atoms with van der Waals surface area (Å²) in [6, 6.07) is 0. The van der Waals surface area contributed by atoms with Crippen molar-refractivity contribution in [1.82, 2.24) is 0 Å². The summed E-state index contributed by atoms with van der Waals surface area (Å²) in [5, 5.41) is 0. The lowest BCUT2D eigenvalue weighted by molar-refractivity contribution is -0.161. The Hall–Kier alpha value is -0.950. The van der Waals surface area contributed by atoms with Crippen LogP contribution in [-0.2, 0) is 28.2 Å². The first-order valence-electron chi connectivity index (χ1n) is 24.3. The molecule has 0 saturated carbocycles. The topological polar surface area (TPSA) is 119 Å². The Kier molecular flexibility index (Phi) is 42.9. The Balaban J connectivity index is 3.74. The molecule has 0 aromatic carbocycles. The molecule has 9 heteroatoms. The zero-order chi connectivity index (χ0) is 41.1. The minimum Gasteiger partial charge on any atom is -0.462 e. The van der Waals surface area contributed by atoms with Crippen molar-refractivity contribution >= 4 is 19.8 Å². The summed E-state index contributed by atoms with van der Waals surface area (Å²) < 4.78 is 26.5. The van der Waals surface area contributed by atoms with Crippen molar-refractivity contribution in [3.05, 3.63) is 0 Å². The van der Waals surface area contributed by atoms with Gasteiger partial charge in [0.25, 0.3) is 0 Å². The van der Waals surface area contributed by atoms with E-state index in [2.05, 4.69) is 18.4 Å². The molecule has 0 aliphatic heterocycles. The molecule has 0 rings (SSSR count). The van der Waals surface area contributed by atoms with Gasteiger partial charge in [0.05, 0.1) is 6.61 Å². The van der Waals surface area contributed by atoms with Crippen molar-refractivity contribution in [2.75, 3.05) is 13.2 Å². The number of esters is 2. The van der Waals surface area contributed by atoms with Gasteiger partial charge < -0.3 is 19.3 Å². The fourth-order valence-electron chi connectivity index (χ4n) is 7.49. The Morgan fingerprint density at radius 3 is 0.911 bits per heavy atom. The second-order valence-electron chi connectivity index (χ2n) is 16.8. The molecule has 56 heavy (non-hydrogen) atoms. The summed E-state index contributed by atoms with van der Waals surface area (Å²) in [6.45, 7) is 3.74. The lowest BCUT2D eigenvalue weighted by Gasteiger charge is -2.18. The third-order valence-electron chi connectivity index (χ3n) is 11.1. The summed E-state index contributed by atoms with van der Waals surface area (Å²) >= 11 is 0.